The Bertz CT molecular complexity index is 389. The number of hydrogen-bond acceptors (Lipinski definition) is 4. The van der Waals surface area contributed by atoms with E-state index in [4.69, 9.17) is 0 Å². The van der Waals surface area contributed by atoms with Gasteiger partial charge in [0.15, 0.2) is 0 Å². The quantitative estimate of drug-likeness (QED) is 0.684. The van der Waals surface area contributed by atoms with Crippen molar-refractivity contribution in [1.82, 2.24) is 15.5 Å². The van der Waals surface area contributed by atoms with E-state index in [1.807, 2.05) is 0 Å². The van der Waals surface area contributed by atoms with Gasteiger partial charge in [0.2, 0.25) is 11.8 Å². The van der Waals surface area contributed by atoms with E-state index in [2.05, 4.69) is 10.6 Å². The fourth-order valence-corrected chi connectivity index (χ4v) is 2.67. The van der Waals surface area contributed by atoms with Gasteiger partial charge in [-0.1, -0.05) is 0 Å². The van der Waals surface area contributed by atoms with Gasteiger partial charge < -0.3 is 10.6 Å². The molecule has 2 aliphatic heterocycles. The normalized spacial score (nSPS) is 28.1. The molecule has 2 aliphatic rings. The standard InChI is InChI=1S/C13H21N3O3/c1-8(2)16-11(17)6-10(13(16)19)15-12(18)9-4-3-5-14-7-9/h8-10,14H,3-7H2,1-2H3,(H,15,18). The topological polar surface area (TPSA) is 78.5 Å². The van der Waals surface area contributed by atoms with Gasteiger partial charge in [0, 0.05) is 12.6 Å². The molecule has 0 saturated carbocycles. The van der Waals surface area contributed by atoms with Gasteiger partial charge in [-0.2, -0.15) is 0 Å². The van der Waals surface area contributed by atoms with Crippen molar-refractivity contribution in [2.24, 2.45) is 5.92 Å². The highest BCUT2D eigenvalue weighted by Crippen LogP contribution is 2.17. The summed E-state index contributed by atoms with van der Waals surface area (Å²) in [6.45, 7) is 5.18. The zero-order valence-corrected chi connectivity index (χ0v) is 11.4. The molecule has 0 bridgehead atoms. The molecule has 2 heterocycles. The first-order valence-corrected chi connectivity index (χ1v) is 6.87. The summed E-state index contributed by atoms with van der Waals surface area (Å²) in [6.07, 6.45) is 1.89. The number of imide groups is 1. The predicted molar refractivity (Wildman–Crippen MR) is 69.1 cm³/mol. The number of piperidine rings is 1. The third-order valence-corrected chi connectivity index (χ3v) is 3.68. The van der Waals surface area contributed by atoms with Crippen molar-refractivity contribution in [1.29, 1.82) is 0 Å². The van der Waals surface area contributed by atoms with Gasteiger partial charge >= 0.3 is 0 Å². The van der Waals surface area contributed by atoms with Gasteiger partial charge in [-0.05, 0) is 33.2 Å². The summed E-state index contributed by atoms with van der Waals surface area (Å²) in [5.41, 5.74) is 0. The number of rotatable bonds is 3. The Labute approximate surface area is 112 Å². The van der Waals surface area contributed by atoms with Crippen molar-refractivity contribution in [2.75, 3.05) is 13.1 Å². The smallest absolute Gasteiger partial charge is 0.252 e. The first kappa shape index (κ1) is 14.0. The molecule has 2 N–H and O–H groups in total. The largest absolute Gasteiger partial charge is 0.343 e. The number of nitrogens with zero attached hydrogens (tertiary/aromatic N) is 1. The summed E-state index contributed by atoms with van der Waals surface area (Å²) in [7, 11) is 0. The SMILES string of the molecule is CC(C)N1C(=O)CC(NC(=O)C2CCCNC2)C1=O. The fourth-order valence-electron chi connectivity index (χ4n) is 2.67. The lowest BCUT2D eigenvalue weighted by Gasteiger charge is -2.23. The molecule has 6 heteroatoms. The van der Waals surface area contributed by atoms with Crippen LogP contribution in [0.25, 0.3) is 0 Å². The van der Waals surface area contributed by atoms with Crippen molar-refractivity contribution in [2.45, 2.75) is 45.2 Å². The van der Waals surface area contributed by atoms with E-state index in [-0.39, 0.29) is 36.1 Å². The minimum atomic E-state index is -0.677. The van der Waals surface area contributed by atoms with Crippen molar-refractivity contribution in [3.8, 4) is 0 Å². The summed E-state index contributed by atoms with van der Waals surface area (Å²) in [6, 6.07) is -0.831. The van der Waals surface area contributed by atoms with Crippen molar-refractivity contribution < 1.29 is 14.4 Å². The average molecular weight is 267 g/mol. The van der Waals surface area contributed by atoms with Gasteiger partial charge in [-0.15, -0.1) is 0 Å². The number of nitrogens with one attached hydrogen (secondary N) is 2. The van der Waals surface area contributed by atoms with Crippen LogP contribution in [0.3, 0.4) is 0 Å². The molecule has 2 atom stereocenters. The van der Waals surface area contributed by atoms with Crippen molar-refractivity contribution in [3.05, 3.63) is 0 Å². The second-order valence-electron chi connectivity index (χ2n) is 5.50. The summed E-state index contributed by atoms with van der Waals surface area (Å²) in [5, 5.41) is 5.89. The van der Waals surface area contributed by atoms with Crippen LogP contribution < -0.4 is 10.6 Å². The lowest BCUT2D eigenvalue weighted by atomic mass is 9.98. The van der Waals surface area contributed by atoms with E-state index in [9.17, 15) is 14.4 Å². The Morgan fingerprint density at radius 2 is 2.16 bits per heavy atom. The van der Waals surface area contributed by atoms with Crippen LogP contribution >= 0.6 is 0 Å². The summed E-state index contributed by atoms with van der Waals surface area (Å²) in [4.78, 5) is 37.1. The monoisotopic (exact) mass is 267 g/mol. The molecule has 3 amide bonds. The lowest BCUT2D eigenvalue weighted by Crippen LogP contribution is -2.48. The van der Waals surface area contributed by atoms with Crippen LogP contribution in [0.1, 0.15) is 33.1 Å². The Balaban J connectivity index is 1.94. The minimum Gasteiger partial charge on any atom is -0.343 e. The highest BCUT2D eigenvalue weighted by atomic mass is 16.2. The highest BCUT2D eigenvalue weighted by molar-refractivity contribution is 6.07. The number of carbonyl (C=O) groups is 3. The highest BCUT2D eigenvalue weighted by Gasteiger charge is 2.41. The minimum absolute atomic E-state index is 0.0862. The average Bonchev–Trinajstić information content (AvgIpc) is 2.65. The maximum atomic E-state index is 12.1. The third kappa shape index (κ3) is 2.94. The van der Waals surface area contributed by atoms with E-state index in [0.717, 1.165) is 19.4 Å². The maximum Gasteiger partial charge on any atom is 0.252 e. The van der Waals surface area contributed by atoms with Gasteiger partial charge in [-0.3, -0.25) is 19.3 Å². The molecule has 0 radical (unpaired) electrons. The molecule has 2 unspecified atom stereocenters. The van der Waals surface area contributed by atoms with E-state index in [0.29, 0.717) is 6.54 Å². The molecular weight excluding hydrogens is 246 g/mol. The van der Waals surface area contributed by atoms with Crippen molar-refractivity contribution in [3.63, 3.8) is 0 Å². The zero-order valence-electron chi connectivity index (χ0n) is 11.4. The Morgan fingerprint density at radius 1 is 1.42 bits per heavy atom. The molecule has 2 saturated heterocycles. The van der Waals surface area contributed by atoms with Crippen LogP contribution in [0.4, 0.5) is 0 Å². The first-order valence-electron chi connectivity index (χ1n) is 6.87. The molecule has 19 heavy (non-hydrogen) atoms. The zero-order chi connectivity index (χ0) is 14.0. The van der Waals surface area contributed by atoms with E-state index in [1.54, 1.807) is 13.8 Å². The van der Waals surface area contributed by atoms with E-state index in [1.165, 1.54) is 4.90 Å². The Hall–Kier alpha value is -1.43. The molecule has 2 rings (SSSR count). The molecule has 0 aromatic heterocycles. The number of hydrogen-bond donors (Lipinski definition) is 2. The molecule has 2 fully saturated rings. The third-order valence-electron chi connectivity index (χ3n) is 3.68. The van der Waals surface area contributed by atoms with Gasteiger partial charge in [0.05, 0.1) is 12.3 Å². The second kappa shape index (κ2) is 5.69. The number of amides is 3. The van der Waals surface area contributed by atoms with Gasteiger partial charge in [0.25, 0.3) is 5.91 Å². The van der Waals surface area contributed by atoms with Crippen LogP contribution in [0.15, 0.2) is 0 Å². The number of likely N-dealkylation sites (tertiary alicyclic amines) is 1. The lowest BCUT2D eigenvalue weighted by molar-refractivity contribution is -0.141. The number of carbonyl (C=O) groups excluding carboxylic acids is 3. The van der Waals surface area contributed by atoms with Gasteiger partial charge in [-0.25, -0.2) is 0 Å². The molecule has 106 valence electrons. The van der Waals surface area contributed by atoms with Crippen molar-refractivity contribution >= 4 is 17.7 Å². The Kier molecular flexibility index (Phi) is 4.19. The predicted octanol–water partition coefficient (Wildman–Crippen LogP) is -0.362. The summed E-state index contributed by atoms with van der Waals surface area (Å²) in [5.74, 6) is -0.696. The summed E-state index contributed by atoms with van der Waals surface area (Å²) >= 11 is 0. The molecular formula is C13H21N3O3. The second-order valence-corrected chi connectivity index (χ2v) is 5.50. The fraction of sp³-hybridized carbons (Fsp3) is 0.769. The van der Waals surface area contributed by atoms with E-state index >= 15 is 0 Å². The van der Waals surface area contributed by atoms with Crippen LogP contribution in [-0.2, 0) is 14.4 Å². The Morgan fingerprint density at radius 3 is 2.68 bits per heavy atom. The summed E-state index contributed by atoms with van der Waals surface area (Å²) < 4.78 is 0. The van der Waals surface area contributed by atoms with E-state index < -0.39 is 6.04 Å². The molecule has 0 spiro atoms. The van der Waals surface area contributed by atoms with Gasteiger partial charge in [0.1, 0.15) is 6.04 Å². The maximum absolute atomic E-state index is 12.1. The molecule has 0 aromatic carbocycles. The van der Waals surface area contributed by atoms with Crippen LogP contribution in [0.5, 0.6) is 0 Å². The van der Waals surface area contributed by atoms with Crippen LogP contribution in [0.2, 0.25) is 0 Å². The molecule has 6 nitrogen and oxygen atoms in total. The molecule has 0 aromatic rings. The van der Waals surface area contributed by atoms with Crippen LogP contribution in [-0.4, -0.2) is 47.8 Å². The first-order chi connectivity index (χ1) is 9.00. The van der Waals surface area contributed by atoms with Crippen LogP contribution in [0, 0.1) is 5.92 Å². The molecule has 0 aliphatic carbocycles.